The molecule has 2 aliphatic rings. The molecule has 0 N–H and O–H groups in total. The molecule has 11 heavy (non-hydrogen) atoms. The fourth-order valence-corrected chi connectivity index (χ4v) is 2.75. The SMILES string of the molecule is C1CC[C](C2CCCC2)CC1. The van der Waals surface area contributed by atoms with Gasteiger partial charge in [0, 0.05) is 0 Å². The Kier molecular flexibility index (Phi) is 2.50. The zero-order chi connectivity index (χ0) is 7.52. The van der Waals surface area contributed by atoms with Gasteiger partial charge in [0.15, 0.2) is 0 Å². The van der Waals surface area contributed by atoms with Crippen molar-refractivity contribution in [2.45, 2.75) is 57.8 Å². The lowest BCUT2D eigenvalue weighted by atomic mass is 9.79. The Morgan fingerprint density at radius 1 is 0.727 bits per heavy atom. The van der Waals surface area contributed by atoms with Crippen LogP contribution in [0.15, 0.2) is 0 Å². The van der Waals surface area contributed by atoms with Crippen LogP contribution >= 0.6 is 0 Å². The minimum Gasteiger partial charge on any atom is -0.0533 e. The van der Waals surface area contributed by atoms with Crippen molar-refractivity contribution in [2.24, 2.45) is 5.92 Å². The van der Waals surface area contributed by atoms with Crippen molar-refractivity contribution < 1.29 is 0 Å². The Balaban J connectivity index is 1.82. The summed E-state index contributed by atoms with van der Waals surface area (Å²) in [6, 6.07) is 0. The van der Waals surface area contributed by atoms with E-state index in [9.17, 15) is 0 Å². The highest BCUT2D eigenvalue weighted by Gasteiger charge is 2.26. The summed E-state index contributed by atoms with van der Waals surface area (Å²) in [7, 11) is 0. The van der Waals surface area contributed by atoms with Crippen LogP contribution in [0.5, 0.6) is 0 Å². The number of hydrogen-bond acceptors (Lipinski definition) is 0. The van der Waals surface area contributed by atoms with Crippen LogP contribution in [0.2, 0.25) is 0 Å². The standard InChI is InChI=1S/C11H19/c1-2-6-10(7-3-1)11-8-4-5-9-11/h11H,1-9H2. The Bertz CT molecular complexity index is 105. The fourth-order valence-electron chi connectivity index (χ4n) is 2.75. The molecule has 2 rings (SSSR count). The molecule has 0 atom stereocenters. The van der Waals surface area contributed by atoms with Gasteiger partial charge in [0.25, 0.3) is 0 Å². The summed E-state index contributed by atoms with van der Waals surface area (Å²) in [5.41, 5.74) is 0. The largest absolute Gasteiger partial charge is 0.0533 e. The van der Waals surface area contributed by atoms with Crippen LogP contribution in [0.3, 0.4) is 0 Å². The topological polar surface area (TPSA) is 0 Å². The molecular weight excluding hydrogens is 132 g/mol. The second-order valence-corrected chi connectivity index (χ2v) is 4.20. The van der Waals surface area contributed by atoms with Crippen LogP contribution < -0.4 is 0 Å². The molecule has 2 aliphatic carbocycles. The van der Waals surface area contributed by atoms with Crippen LogP contribution in [-0.4, -0.2) is 0 Å². The third-order valence-corrected chi connectivity index (χ3v) is 3.43. The van der Waals surface area contributed by atoms with Gasteiger partial charge >= 0.3 is 0 Å². The minimum atomic E-state index is 1.07. The van der Waals surface area contributed by atoms with Gasteiger partial charge in [-0.3, -0.25) is 0 Å². The average molecular weight is 151 g/mol. The number of rotatable bonds is 1. The van der Waals surface area contributed by atoms with Gasteiger partial charge in [-0.05, 0) is 37.5 Å². The molecule has 0 aromatic rings. The Morgan fingerprint density at radius 3 is 2.00 bits per heavy atom. The Morgan fingerprint density at radius 2 is 1.36 bits per heavy atom. The average Bonchev–Trinajstić information content (AvgIpc) is 2.58. The molecule has 0 spiro atoms. The van der Waals surface area contributed by atoms with Crippen LogP contribution in [0.4, 0.5) is 0 Å². The maximum Gasteiger partial charge on any atom is -0.0210 e. The van der Waals surface area contributed by atoms with E-state index < -0.39 is 0 Å². The monoisotopic (exact) mass is 151 g/mol. The molecule has 2 saturated carbocycles. The molecule has 0 heterocycles. The highest BCUT2D eigenvalue weighted by molar-refractivity contribution is 4.99. The maximum absolute atomic E-state index is 1.94. The number of hydrogen-bond donors (Lipinski definition) is 0. The van der Waals surface area contributed by atoms with Gasteiger partial charge in [-0.1, -0.05) is 32.1 Å². The van der Waals surface area contributed by atoms with Crippen molar-refractivity contribution in [3.05, 3.63) is 5.92 Å². The molecule has 0 amide bonds. The first-order valence-electron chi connectivity index (χ1n) is 5.31. The lowest BCUT2D eigenvalue weighted by Crippen LogP contribution is -2.12. The predicted octanol–water partition coefficient (Wildman–Crippen LogP) is 3.72. The summed E-state index contributed by atoms with van der Waals surface area (Å²) in [6.45, 7) is 0. The van der Waals surface area contributed by atoms with Crippen molar-refractivity contribution in [3.8, 4) is 0 Å². The molecule has 2 fully saturated rings. The molecule has 0 aromatic carbocycles. The molecule has 0 bridgehead atoms. The molecule has 0 aromatic heterocycles. The van der Waals surface area contributed by atoms with E-state index in [1.165, 1.54) is 57.8 Å². The zero-order valence-electron chi connectivity index (χ0n) is 7.44. The highest BCUT2D eigenvalue weighted by Crippen LogP contribution is 2.40. The Labute approximate surface area is 70.4 Å². The van der Waals surface area contributed by atoms with E-state index >= 15 is 0 Å². The van der Waals surface area contributed by atoms with Crippen molar-refractivity contribution >= 4 is 0 Å². The van der Waals surface area contributed by atoms with E-state index in [2.05, 4.69) is 0 Å². The summed E-state index contributed by atoms with van der Waals surface area (Å²) in [5.74, 6) is 3.00. The van der Waals surface area contributed by atoms with Gasteiger partial charge in [0.2, 0.25) is 0 Å². The molecule has 0 saturated heterocycles. The summed E-state index contributed by atoms with van der Waals surface area (Å²) in [4.78, 5) is 0. The van der Waals surface area contributed by atoms with Crippen molar-refractivity contribution in [3.63, 3.8) is 0 Å². The lowest BCUT2D eigenvalue weighted by Gasteiger charge is -2.26. The molecule has 0 heteroatoms. The summed E-state index contributed by atoms with van der Waals surface area (Å²) in [6.07, 6.45) is 13.5. The molecule has 0 unspecified atom stereocenters. The molecular formula is C11H19. The zero-order valence-corrected chi connectivity index (χ0v) is 7.44. The third-order valence-electron chi connectivity index (χ3n) is 3.43. The summed E-state index contributed by atoms with van der Waals surface area (Å²) >= 11 is 0. The molecule has 63 valence electrons. The summed E-state index contributed by atoms with van der Waals surface area (Å²) in [5, 5.41) is 0. The second-order valence-electron chi connectivity index (χ2n) is 4.20. The molecule has 0 aliphatic heterocycles. The normalized spacial score (nSPS) is 29.5. The van der Waals surface area contributed by atoms with Gasteiger partial charge < -0.3 is 0 Å². The molecule has 0 nitrogen and oxygen atoms in total. The van der Waals surface area contributed by atoms with E-state index in [-0.39, 0.29) is 0 Å². The quantitative estimate of drug-likeness (QED) is 0.536. The van der Waals surface area contributed by atoms with Crippen LogP contribution in [0, 0.1) is 11.8 Å². The van der Waals surface area contributed by atoms with Crippen molar-refractivity contribution in [1.82, 2.24) is 0 Å². The fraction of sp³-hybridized carbons (Fsp3) is 0.909. The maximum atomic E-state index is 1.94. The van der Waals surface area contributed by atoms with E-state index in [4.69, 9.17) is 0 Å². The van der Waals surface area contributed by atoms with Gasteiger partial charge in [-0.15, -0.1) is 0 Å². The first kappa shape index (κ1) is 7.64. The van der Waals surface area contributed by atoms with Gasteiger partial charge in [0.05, 0.1) is 0 Å². The van der Waals surface area contributed by atoms with Crippen molar-refractivity contribution in [1.29, 1.82) is 0 Å². The van der Waals surface area contributed by atoms with Gasteiger partial charge in [-0.2, -0.15) is 0 Å². The van der Waals surface area contributed by atoms with Gasteiger partial charge in [0.1, 0.15) is 0 Å². The summed E-state index contributed by atoms with van der Waals surface area (Å²) < 4.78 is 0. The predicted molar refractivity (Wildman–Crippen MR) is 48.3 cm³/mol. The lowest BCUT2D eigenvalue weighted by molar-refractivity contribution is 0.422. The van der Waals surface area contributed by atoms with Crippen LogP contribution in [0.1, 0.15) is 57.8 Å². The van der Waals surface area contributed by atoms with E-state index in [1.54, 1.807) is 0 Å². The first-order valence-corrected chi connectivity index (χ1v) is 5.31. The van der Waals surface area contributed by atoms with E-state index in [0.717, 1.165) is 5.92 Å². The second kappa shape index (κ2) is 3.60. The van der Waals surface area contributed by atoms with Crippen LogP contribution in [-0.2, 0) is 0 Å². The smallest absolute Gasteiger partial charge is 0.0210 e. The Hall–Kier alpha value is 0. The van der Waals surface area contributed by atoms with E-state index in [1.807, 2.05) is 5.92 Å². The third kappa shape index (κ3) is 1.77. The minimum absolute atomic E-state index is 1.07. The molecule has 1 radical (unpaired) electrons. The van der Waals surface area contributed by atoms with Crippen molar-refractivity contribution in [2.75, 3.05) is 0 Å². The van der Waals surface area contributed by atoms with E-state index in [0.29, 0.717) is 0 Å². The van der Waals surface area contributed by atoms with Gasteiger partial charge in [-0.25, -0.2) is 0 Å². The first-order chi connectivity index (χ1) is 5.47. The highest BCUT2D eigenvalue weighted by atomic mass is 14.3. The van der Waals surface area contributed by atoms with Crippen LogP contribution in [0.25, 0.3) is 0 Å².